The van der Waals surface area contributed by atoms with Gasteiger partial charge in [-0.15, -0.1) is 0 Å². The fourth-order valence-corrected chi connectivity index (χ4v) is 4.14. The third-order valence-electron chi connectivity index (χ3n) is 5.97. The number of nitrogens with zero attached hydrogens (tertiary/aromatic N) is 1. The van der Waals surface area contributed by atoms with Crippen LogP contribution in [-0.2, 0) is 4.74 Å². The van der Waals surface area contributed by atoms with Crippen molar-refractivity contribution in [1.29, 1.82) is 0 Å². The van der Waals surface area contributed by atoms with Crippen molar-refractivity contribution in [3.8, 4) is 0 Å². The lowest BCUT2D eigenvalue weighted by Gasteiger charge is -2.50. The van der Waals surface area contributed by atoms with Gasteiger partial charge < -0.3 is 10.5 Å². The summed E-state index contributed by atoms with van der Waals surface area (Å²) >= 11 is 0. The molecule has 2 N–H and O–H groups in total. The van der Waals surface area contributed by atoms with Gasteiger partial charge in [0.25, 0.3) is 0 Å². The molecule has 0 aromatic rings. The standard InChI is InChI=1S/C17H34N2O/c1-15(2)7-5-9-17(13-18,11-10-15)19-12-6-8-16(3,14-19)20-4/h5-14,18H2,1-4H3. The van der Waals surface area contributed by atoms with E-state index in [-0.39, 0.29) is 11.1 Å². The van der Waals surface area contributed by atoms with Crippen LogP contribution in [0.1, 0.15) is 65.7 Å². The minimum Gasteiger partial charge on any atom is -0.377 e. The number of nitrogens with two attached hydrogens (primary N) is 1. The second-order valence-electron chi connectivity index (χ2n) is 8.13. The van der Waals surface area contributed by atoms with Crippen LogP contribution in [0.25, 0.3) is 0 Å². The Kier molecular flexibility index (Phi) is 4.83. The van der Waals surface area contributed by atoms with Crippen molar-refractivity contribution in [2.75, 3.05) is 26.7 Å². The fourth-order valence-electron chi connectivity index (χ4n) is 4.14. The summed E-state index contributed by atoms with van der Waals surface area (Å²) in [4.78, 5) is 2.67. The molecule has 2 fully saturated rings. The van der Waals surface area contributed by atoms with Crippen LogP contribution in [0.5, 0.6) is 0 Å². The highest BCUT2D eigenvalue weighted by Gasteiger charge is 2.43. The van der Waals surface area contributed by atoms with E-state index >= 15 is 0 Å². The summed E-state index contributed by atoms with van der Waals surface area (Å²) in [6, 6.07) is 0. The van der Waals surface area contributed by atoms with Gasteiger partial charge in [0.15, 0.2) is 0 Å². The zero-order chi connectivity index (χ0) is 14.9. The molecule has 0 spiro atoms. The second kappa shape index (κ2) is 5.94. The summed E-state index contributed by atoms with van der Waals surface area (Å²) in [7, 11) is 1.86. The van der Waals surface area contributed by atoms with Crippen molar-refractivity contribution in [3.63, 3.8) is 0 Å². The van der Waals surface area contributed by atoms with Gasteiger partial charge >= 0.3 is 0 Å². The predicted molar refractivity (Wildman–Crippen MR) is 84.9 cm³/mol. The topological polar surface area (TPSA) is 38.5 Å². The summed E-state index contributed by atoms with van der Waals surface area (Å²) in [6.07, 6.45) is 8.85. The first-order valence-electron chi connectivity index (χ1n) is 8.35. The predicted octanol–water partition coefficient (Wildman–Crippen LogP) is 3.18. The van der Waals surface area contributed by atoms with Crippen molar-refractivity contribution in [2.24, 2.45) is 11.1 Å². The molecule has 0 bridgehead atoms. The van der Waals surface area contributed by atoms with Crippen LogP contribution < -0.4 is 5.73 Å². The minimum absolute atomic E-state index is 0.0161. The fraction of sp³-hybridized carbons (Fsp3) is 1.00. The van der Waals surface area contributed by atoms with Crippen molar-refractivity contribution < 1.29 is 4.74 Å². The Morgan fingerprint density at radius 1 is 1.00 bits per heavy atom. The molecule has 2 unspecified atom stereocenters. The summed E-state index contributed by atoms with van der Waals surface area (Å²) < 4.78 is 5.78. The van der Waals surface area contributed by atoms with E-state index in [9.17, 15) is 0 Å². The molecule has 2 aliphatic rings. The van der Waals surface area contributed by atoms with Crippen LogP contribution in [0.3, 0.4) is 0 Å². The lowest BCUT2D eigenvalue weighted by molar-refractivity contribution is -0.0834. The zero-order valence-electron chi connectivity index (χ0n) is 14.0. The van der Waals surface area contributed by atoms with E-state index in [1.54, 1.807) is 0 Å². The molecule has 3 nitrogen and oxygen atoms in total. The number of hydrogen-bond donors (Lipinski definition) is 1. The molecule has 0 aromatic heterocycles. The van der Waals surface area contributed by atoms with Gasteiger partial charge in [0.2, 0.25) is 0 Å². The maximum atomic E-state index is 6.27. The summed E-state index contributed by atoms with van der Waals surface area (Å²) in [5, 5.41) is 0. The Morgan fingerprint density at radius 3 is 2.40 bits per heavy atom. The Balaban J connectivity index is 2.14. The van der Waals surface area contributed by atoms with Crippen LogP contribution in [0.15, 0.2) is 0 Å². The van der Waals surface area contributed by atoms with E-state index in [0.29, 0.717) is 5.41 Å². The smallest absolute Gasteiger partial charge is 0.0777 e. The third kappa shape index (κ3) is 3.37. The molecule has 1 saturated carbocycles. The number of methoxy groups -OCH3 is 1. The largest absolute Gasteiger partial charge is 0.377 e. The average Bonchev–Trinajstić information content (AvgIpc) is 2.58. The maximum Gasteiger partial charge on any atom is 0.0777 e. The molecule has 118 valence electrons. The molecular weight excluding hydrogens is 248 g/mol. The number of ether oxygens (including phenoxy) is 1. The van der Waals surface area contributed by atoms with Crippen LogP contribution in [0, 0.1) is 5.41 Å². The third-order valence-corrected chi connectivity index (χ3v) is 5.97. The zero-order valence-corrected chi connectivity index (χ0v) is 14.0. The Bertz CT molecular complexity index is 331. The monoisotopic (exact) mass is 282 g/mol. The maximum absolute atomic E-state index is 6.27. The van der Waals surface area contributed by atoms with E-state index in [1.165, 1.54) is 51.5 Å². The molecule has 2 rings (SSSR count). The van der Waals surface area contributed by atoms with Gasteiger partial charge in [-0.25, -0.2) is 0 Å². The molecule has 1 aliphatic heterocycles. The molecular formula is C17H34N2O. The second-order valence-corrected chi connectivity index (χ2v) is 8.13. The Labute approximate surface area is 125 Å². The molecule has 1 saturated heterocycles. The first-order chi connectivity index (χ1) is 9.35. The van der Waals surface area contributed by atoms with E-state index < -0.39 is 0 Å². The summed E-state index contributed by atoms with van der Waals surface area (Å²) in [5.74, 6) is 0. The lowest BCUT2D eigenvalue weighted by atomic mass is 9.81. The summed E-state index contributed by atoms with van der Waals surface area (Å²) in [5.41, 5.74) is 6.99. The molecule has 20 heavy (non-hydrogen) atoms. The molecule has 2 atom stereocenters. The Hall–Kier alpha value is -0.120. The van der Waals surface area contributed by atoms with Gasteiger partial charge in [0.05, 0.1) is 5.60 Å². The first-order valence-corrected chi connectivity index (χ1v) is 8.35. The number of rotatable bonds is 3. The van der Waals surface area contributed by atoms with Crippen molar-refractivity contribution in [3.05, 3.63) is 0 Å². The van der Waals surface area contributed by atoms with Gasteiger partial charge in [0.1, 0.15) is 0 Å². The van der Waals surface area contributed by atoms with Crippen molar-refractivity contribution >= 4 is 0 Å². The number of hydrogen-bond acceptors (Lipinski definition) is 3. The SMILES string of the molecule is COC1(C)CCCN(C2(CN)CCCC(C)(C)CC2)C1. The van der Waals surface area contributed by atoms with E-state index in [1.807, 2.05) is 7.11 Å². The molecule has 3 heteroatoms. The highest BCUT2D eigenvalue weighted by molar-refractivity contribution is 5.00. The van der Waals surface area contributed by atoms with Crippen LogP contribution in [0.4, 0.5) is 0 Å². The molecule has 0 radical (unpaired) electrons. The van der Waals surface area contributed by atoms with Gasteiger partial charge in [-0.2, -0.15) is 0 Å². The number of likely N-dealkylation sites (tertiary alicyclic amines) is 1. The van der Waals surface area contributed by atoms with Gasteiger partial charge in [-0.05, 0) is 57.4 Å². The average molecular weight is 282 g/mol. The highest BCUT2D eigenvalue weighted by atomic mass is 16.5. The van der Waals surface area contributed by atoms with Crippen molar-refractivity contribution in [2.45, 2.75) is 76.9 Å². The highest BCUT2D eigenvalue weighted by Crippen LogP contribution is 2.42. The van der Waals surface area contributed by atoms with Crippen LogP contribution in [0.2, 0.25) is 0 Å². The van der Waals surface area contributed by atoms with E-state index in [2.05, 4.69) is 25.7 Å². The number of piperidine rings is 1. The van der Waals surface area contributed by atoms with E-state index in [4.69, 9.17) is 10.5 Å². The summed E-state index contributed by atoms with van der Waals surface area (Å²) in [6.45, 7) is 10.1. The van der Waals surface area contributed by atoms with Gasteiger partial charge in [-0.3, -0.25) is 4.90 Å². The lowest BCUT2D eigenvalue weighted by Crippen LogP contribution is -2.60. The normalized spacial score (nSPS) is 39.5. The van der Waals surface area contributed by atoms with Crippen molar-refractivity contribution in [1.82, 2.24) is 4.90 Å². The minimum atomic E-state index is 0.0161. The molecule has 1 aliphatic carbocycles. The van der Waals surface area contributed by atoms with Gasteiger partial charge in [0, 0.05) is 25.7 Å². The quantitative estimate of drug-likeness (QED) is 0.808. The first kappa shape index (κ1) is 16.3. The van der Waals surface area contributed by atoms with Crippen LogP contribution in [-0.4, -0.2) is 42.8 Å². The molecule has 0 amide bonds. The Morgan fingerprint density at radius 2 is 1.75 bits per heavy atom. The van der Waals surface area contributed by atoms with Crippen LogP contribution >= 0.6 is 0 Å². The van der Waals surface area contributed by atoms with Gasteiger partial charge in [-0.1, -0.05) is 20.3 Å². The molecule has 1 heterocycles. The molecule has 0 aromatic carbocycles. The van der Waals surface area contributed by atoms with E-state index in [0.717, 1.165) is 13.1 Å².